The molecule has 1 N–H and O–H groups in total. The Balaban J connectivity index is 2.17. The van der Waals surface area contributed by atoms with E-state index in [0.29, 0.717) is 30.0 Å². The molecule has 0 amide bonds. The first-order valence-electron chi connectivity index (χ1n) is 6.23. The maximum absolute atomic E-state index is 11.1. The fourth-order valence-electron chi connectivity index (χ4n) is 2.20. The molecule has 1 aromatic heterocycles. The van der Waals surface area contributed by atoms with Crippen molar-refractivity contribution in [2.45, 2.75) is 6.92 Å². The zero-order valence-corrected chi connectivity index (χ0v) is 11.6. The largest absolute Gasteiger partial charge is 0.395 e. The first-order valence-corrected chi connectivity index (χ1v) is 6.61. The summed E-state index contributed by atoms with van der Waals surface area (Å²) in [5, 5.41) is 9.12. The molecule has 0 bridgehead atoms. The third-order valence-corrected chi connectivity index (χ3v) is 3.48. The monoisotopic (exact) mass is 284 g/mol. The maximum Gasteiger partial charge on any atom is 0.156 e. The van der Waals surface area contributed by atoms with Crippen LogP contribution in [0.5, 0.6) is 0 Å². The van der Waals surface area contributed by atoms with E-state index in [4.69, 9.17) is 16.7 Å². The summed E-state index contributed by atoms with van der Waals surface area (Å²) in [4.78, 5) is 23.7. The number of aliphatic hydroxyl groups excluding tert-OH is 1. The molecule has 6 nitrogen and oxygen atoms in total. The van der Waals surface area contributed by atoms with Crippen molar-refractivity contribution in [1.82, 2.24) is 14.9 Å². The van der Waals surface area contributed by atoms with Crippen LogP contribution in [0.2, 0.25) is 5.15 Å². The van der Waals surface area contributed by atoms with E-state index in [-0.39, 0.29) is 11.8 Å². The van der Waals surface area contributed by atoms with E-state index in [1.807, 2.05) is 4.90 Å². The third-order valence-electron chi connectivity index (χ3n) is 3.20. The van der Waals surface area contributed by atoms with Gasteiger partial charge in [0.2, 0.25) is 0 Å². The third kappa shape index (κ3) is 3.20. The molecule has 0 spiro atoms. The number of hydrogen-bond acceptors (Lipinski definition) is 6. The Hall–Kier alpha value is -1.24. The Labute approximate surface area is 117 Å². The molecule has 7 heteroatoms. The Morgan fingerprint density at radius 1 is 1.32 bits per heavy atom. The van der Waals surface area contributed by atoms with Crippen LogP contribution in [0.1, 0.15) is 16.2 Å². The van der Waals surface area contributed by atoms with Crippen LogP contribution >= 0.6 is 11.6 Å². The molecule has 0 radical (unpaired) electrons. The number of anilines is 1. The number of aromatic nitrogens is 2. The number of aldehydes is 1. The number of nitrogens with zero attached hydrogens (tertiary/aromatic N) is 4. The predicted molar refractivity (Wildman–Crippen MR) is 72.9 cm³/mol. The van der Waals surface area contributed by atoms with Gasteiger partial charge in [-0.05, 0) is 6.92 Å². The van der Waals surface area contributed by atoms with Gasteiger partial charge in [0.05, 0.1) is 12.2 Å². The van der Waals surface area contributed by atoms with Crippen molar-refractivity contribution >= 4 is 23.7 Å². The van der Waals surface area contributed by atoms with E-state index in [9.17, 15) is 4.79 Å². The number of hydrogen-bond donors (Lipinski definition) is 1. The highest BCUT2D eigenvalue weighted by atomic mass is 35.5. The number of β-amino-alcohol motifs (C(OH)–C–C–N with tert-alkyl or cyclic N) is 1. The van der Waals surface area contributed by atoms with Gasteiger partial charge in [0.25, 0.3) is 0 Å². The van der Waals surface area contributed by atoms with Gasteiger partial charge >= 0.3 is 0 Å². The van der Waals surface area contributed by atoms with Gasteiger partial charge in [0.1, 0.15) is 16.8 Å². The van der Waals surface area contributed by atoms with Crippen molar-refractivity contribution in [2.75, 3.05) is 44.2 Å². The van der Waals surface area contributed by atoms with Crippen molar-refractivity contribution in [1.29, 1.82) is 0 Å². The first kappa shape index (κ1) is 14.2. The van der Waals surface area contributed by atoms with Crippen LogP contribution in [0.3, 0.4) is 0 Å². The van der Waals surface area contributed by atoms with Crippen LogP contribution < -0.4 is 4.90 Å². The lowest BCUT2D eigenvalue weighted by molar-refractivity contribution is 0.112. The highest BCUT2D eigenvalue weighted by Gasteiger charge is 2.22. The average Bonchev–Trinajstić information content (AvgIpc) is 2.39. The highest BCUT2D eigenvalue weighted by Crippen LogP contribution is 2.23. The lowest BCUT2D eigenvalue weighted by Crippen LogP contribution is -2.47. The van der Waals surface area contributed by atoms with Crippen LogP contribution in [0.15, 0.2) is 0 Å². The normalized spacial score (nSPS) is 16.7. The van der Waals surface area contributed by atoms with Gasteiger partial charge in [-0.25, -0.2) is 9.97 Å². The summed E-state index contributed by atoms with van der Waals surface area (Å²) in [6.07, 6.45) is 0.706. The van der Waals surface area contributed by atoms with E-state index in [1.54, 1.807) is 6.92 Å². The molecule has 0 aromatic carbocycles. The molecule has 1 fully saturated rings. The number of halogens is 1. The molecular weight excluding hydrogens is 268 g/mol. The van der Waals surface area contributed by atoms with E-state index < -0.39 is 0 Å². The summed E-state index contributed by atoms with van der Waals surface area (Å²) < 4.78 is 0. The lowest BCUT2D eigenvalue weighted by Gasteiger charge is -2.35. The quantitative estimate of drug-likeness (QED) is 0.636. The molecule has 0 unspecified atom stereocenters. The van der Waals surface area contributed by atoms with E-state index in [2.05, 4.69) is 14.9 Å². The van der Waals surface area contributed by atoms with E-state index >= 15 is 0 Å². The summed E-state index contributed by atoms with van der Waals surface area (Å²) in [6.45, 7) is 5.78. The molecule has 1 aliphatic rings. The Kier molecular flexibility index (Phi) is 4.68. The second-order valence-corrected chi connectivity index (χ2v) is 4.83. The zero-order valence-electron chi connectivity index (χ0n) is 10.8. The van der Waals surface area contributed by atoms with Crippen molar-refractivity contribution in [2.24, 2.45) is 0 Å². The summed E-state index contributed by atoms with van der Waals surface area (Å²) in [7, 11) is 0. The first-order chi connectivity index (χ1) is 9.15. The molecule has 2 rings (SSSR count). The molecule has 0 aliphatic carbocycles. The number of aryl methyl sites for hydroxylation is 1. The number of carbonyl (C=O) groups is 1. The predicted octanol–water partition coefficient (Wildman–Crippen LogP) is 0.365. The summed E-state index contributed by atoms with van der Waals surface area (Å²) in [5.74, 6) is 1.17. The minimum atomic E-state index is 0.165. The average molecular weight is 285 g/mol. The van der Waals surface area contributed by atoms with Gasteiger partial charge in [-0.3, -0.25) is 9.69 Å². The van der Waals surface area contributed by atoms with Gasteiger partial charge < -0.3 is 10.0 Å². The molecule has 19 heavy (non-hydrogen) atoms. The number of aliphatic hydroxyl groups is 1. The smallest absolute Gasteiger partial charge is 0.156 e. The summed E-state index contributed by atoms with van der Waals surface area (Å²) in [6, 6.07) is 0. The van der Waals surface area contributed by atoms with Crippen molar-refractivity contribution in [3.8, 4) is 0 Å². The van der Waals surface area contributed by atoms with E-state index in [1.165, 1.54) is 0 Å². The number of rotatable bonds is 4. The molecule has 1 saturated heterocycles. The van der Waals surface area contributed by atoms with Crippen LogP contribution in [-0.4, -0.2) is 65.6 Å². The number of piperazine rings is 1. The summed E-state index contributed by atoms with van der Waals surface area (Å²) in [5.41, 5.74) is 0.350. The van der Waals surface area contributed by atoms with Crippen molar-refractivity contribution in [3.05, 3.63) is 16.5 Å². The van der Waals surface area contributed by atoms with Gasteiger partial charge in [-0.2, -0.15) is 0 Å². The fraction of sp³-hybridized carbons (Fsp3) is 0.583. The van der Waals surface area contributed by atoms with E-state index in [0.717, 1.165) is 26.2 Å². The lowest BCUT2D eigenvalue weighted by atomic mass is 10.2. The molecule has 0 saturated carbocycles. The van der Waals surface area contributed by atoms with Crippen molar-refractivity contribution in [3.63, 3.8) is 0 Å². The Morgan fingerprint density at radius 2 is 2.00 bits per heavy atom. The Morgan fingerprint density at radius 3 is 2.58 bits per heavy atom. The van der Waals surface area contributed by atoms with Gasteiger partial charge in [0, 0.05) is 32.7 Å². The molecule has 1 aromatic rings. The highest BCUT2D eigenvalue weighted by molar-refractivity contribution is 6.32. The maximum atomic E-state index is 11.1. The molecular formula is C12H17ClN4O2. The molecule has 2 heterocycles. The Bertz CT molecular complexity index is 461. The van der Waals surface area contributed by atoms with Crippen LogP contribution in [0.25, 0.3) is 0 Å². The standard InChI is InChI=1S/C12H17ClN4O2/c1-9-14-11(13)10(8-19)12(15-9)17-4-2-16(3-5-17)6-7-18/h8,18H,2-7H2,1H3. The van der Waals surface area contributed by atoms with Crippen LogP contribution in [-0.2, 0) is 0 Å². The SMILES string of the molecule is Cc1nc(Cl)c(C=O)c(N2CCN(CCO)CC2)n1. The molecule has 0 atom stereocenters. The van der Waals surface area contributed by atoms with Gasteiger partial charge in [-0.1, -0.05) is 11.6 Å². The van der Waals surface area contributed by atoms with Crippen molar-refractivity contribution < 1.29 is 9.90 Å². The second kappa shape index (κ2) is 6.27. The van der Waals surface area contributed by atoms with Crippen LogP contribution in [0, 0.1) is 6.92 Å². The number of carbonyl (C=O) groups excluding carboxylic acids is 1. The zero-order chi connectivity index (χ0) is 13.8. The minimum Gasteiger partial charge on any atom is -0.395 e. The van der Waals surface area contributed by atoms with Crippen LogP contribution in [0.4, 0.5) is 5.82 Å². The second-order valence-electron chi connectivity index (χ2n) is 4.47. The van der Waals surface area contributed by atoms with Gasteiger partial charge in [0.15, 0.2) is 6.29 Å². The molecule has 1 aliphatic heterocycles. The fourth-order valence-corrected chi connectivity index (χ4v) is 2.45. The van der Waals surface area contributed by atoms with Gasteiger partial charge in [-0.15, -0.1) is 0 Å². The minimum absolute atomic E-state index is 0.165. The molecule has 104 valence electrons. The topological polar surface area (TPSA) is 69.6 Å². The summed E-state index contributed by atoms with van der Waals surface area (Å²) >= 11 is 5.98.